The summed E-state index contributed by atoms with van der Waals surface area (Å²) in [4.78, 5) is 1.96. The third-order valence-corrected chi connectivity index (χ3v) is 4.24. The van der Waals surface area contributed by atoms with E-state index in [1.807, 2.05) is 65.6 Å². The van der Waals surface area contributed by atoms with Crippen LogP contribution in [0.2, 0.25) is 0 Å². The number of rotatable bonds is 15. The van der Waals surface area contributed by atoms with E-state index in [0.29, 0.717) is 39.3 Å². The highest BCUT2D eigenvalue weighted by molar-refractivity contribution is 9.09. The summed E-state index contributed by atoms with van der Waals surface area (Å²) in [6, 6.07) is 19.4. The molecule has 0 aromatic heterocycles. The molecule has 8 nitrogen and oxygen atoms in total. The van der Waals surface area contributed by atoms with Crippen LogP contribution in [-0.2, 0) is 0 Å². The van der Waals surface area contributed by atoms with Crippen LogP contribution < -0.4 is 14.8 Å². The summed E-state index contributed by atoms with van der Waals surface area (Å²) >= 11 is 3.28. The summed E-state index contributed by atoms with van der Waals surface area (Å²) in [5.74, 6) is 1.78. The fraction of sp³-hybridized carbons (Fsp3) is 0.500. The standard InChI is InChI=1S/C12H19NO3.C8H9BrO.C4H11NO2.H2/c14-9-6-13(7-10-15)8-11-16-12-4-2-1-3-5-12;9-6-7-10-8-4-2-1-3-5-8;6-3-1-5-2-4-7;/h1-5,14-15H,6-11H2;1-5H,6-7H2;5-7H,1-4H2;1H. The van der Waals surface area contributed by atoms with Gasteiger partial charge in [-0.2, -0.15) is 0 Å². The summed E-state index contributed by atoms with van der Waals surface area (Å²) in [5.41, 5.74) is 0. The molecule has 0 unspecified atom stereocenters. The molecule has 33 heavy (non-hydrogen) atoms. The maximum atomic E-state index is 8.82. The monoisotopic (exact) mass is 532 g/mol. The zero-order valence-electron chi connectivity index (χ0n) is 19.2. The number of aliphatic hydroxyl groups excluding tert-OH is 4. The molecule has 9 heteroatoms. The van der Waals surface area contributed by atoms with Crippen LogP contribution in [0, 0.1) is 0 Å². The molecule has 0 amide bonds. The lowest BCUT2D eigenvalue weighted by atomic mass is 10.3. The van der Waals surface area contributed by atoms with Gasteiger partial charge in [-0.05, 0) is 24.3 Å². The summed E-state index contributed by atoms with van der Waals surface area (Å²) in [5, 5.41) is 37.6. The summed E-state index contributed by atoms with van der Waals surface area (Å²) in [6.45, 7) is 4.75. The van der Waals surface area contributed by atoms with Crippen LogP contribution in [0.3, 0.4) is 0 Å². The summed E-state index contributed by atoms with van der Waals surface area (Å²) < 4.78 is 10.8. The first-order valence-electron chi connectivity index (χ1n) is 11.0. The van der Waals surface area contributed by atoms with Crippen LogP contribution in [0.5, 0.6) is 11.5 Å². The van der Waals surface area contributed by atoms with Gasteiger partial charge in [0, 0.05) is 39.5 Å². The topological polar surface area (TPSA) is 115 Å². The van der Waals surface area contributed by atoms with Crippen LogP contribution in [-0.4, -0.2) is 103 Å². The van der Waals surface area contributed by atoms with E-state index in [1.165, 1.54) is 0 Å². The van der Waals surface area contributed by atoms with Crippen LogP contribution in [0.15, 0.2) is 60.7 Å². The minimum absolute atomic E-state index is 0. The maximum absolute atomic E-state index is 8.82. The Hall–Kier alpha value is -1.72. The second-order valence-corrected chi connectivity index (χ2v) is 7.29. The number of aliphatic hydroxyl groups is 4. The van der Waals surface area contributed by atoms with Gasteiger partial charge in [-0.25, -0.2) is 0 Å². The molecule has 0 aliphatic rings. The SMILES string of the molecule is BrCCOc1ccccc1.OCCN(CCO)CCOc1ccccc1.OCCNCCO.[HH]. The molecule has 0 saturated carbocycles. The van der Waals surface area contributed by atoms with Crippen molar-refractivity contribution in [2.75, 3.05) is 77.7 Å². The predicted molar refractivity (Wildman–Crippen MR) is 137 cm³/mol. The van der Waals surface area contributed by atoms with E-state index in [2.05, 4.69) is 21.2 Å². The van der Waals surface area contributed by atoms with Crippen molar-refractivity contribution in [2.45, 2.75) is 0 Å². The Labute approximate surface area is 207 Å². The predicted octanol–water partition coefficient (Wildman–Crippen LogP) is 1.62. The van der Waals surface area contributed by atoms with E-state index in [1.54, 1.807) is 0 Å². The lowest BCUT2D eigenvalue weighted by molar-refractivity contribution is 0.141. The highest BCUT2D eigenvalue weighted by atomic mass is 79.9. The number of hydrogen-bond donors (Lipinski definition) is 5. The smallest absolute Gasteiger partial charge is 0.119 e. The van der Waals surface area contributed by atoms with Gasteiger partial charge in [-0.15, -0.1) is 0 Å². The molecule has 0 bridgehead atoms. The molecule has 2 rings (SSSR count). The summed E-state index contributed by atoms with van der Waals surface area (Å²) in [7, 11) is 0. The van der Waals surface area contributed by atoms with Crippen molar-refractivity contribution in [3.05, 3.63) is 60.7 Å². The molecular formula is C24H41BrN2O6. The van der Waals surface area contributed by atoms with Gasteiger partial charge in [0.1, 0.15) is 18.1 Å². The largest absolute Gasteiger partial charge is 0.493 e. The van der Waals surface area contributed by atoms with Crippen LogP contribution >= 0.6 is 15.9 Å². The molecular weight excluding hydrogens is 492 g/mol. The Morgan fingerprint density at radius 1 is 0.667 bits per heavy atom. The second kappa shape index (κ2) is 24.9. The maximum Gasteiger partial charge on any atom is 0.119 e. The van der Waals surface area contributed by atoms with Crippen molar-refractivity contribution in [1.82, 2.24) is 10.2 Å². The highest BCUT2D eigenvalue weighted by Gasteiger charge is 2.03. The molecule has 0 aliphatic carbocycles. The van der Waals surface area contributed by atoms with Gasteiger partial charge in [0.15, 0.2) is 0 Å². The molecule has 5 N–H and O–H groups in total. The van der Waals surface area contributed by atoms with Crippen molar-refractivity contribution in [1.29, 1.82) is 0 Å². The van der Waals surface area contributed by atoms with Gasteiger partial charge in [0.05, 0.1) is 33.0 Å². The lowest BCUT2D eigenvalue weighted by Gasteiger charge is -2.19. The molecule has 0 fully saturated rings. The van der Waals surface area contributed by atoms with Crippen LogP contribution in [0.25, 0.3) is 0 Å². The molecule has 2 aromatic carbocycles. The fourth-order valence-corrected chi connectivity index (χ4v) is 2.55. The van der Waals surface area contributed by atoms with E-state index in [0.717, 1.165) is 23.4 Å². The van der Waals surface area contributed by atoms with Crippen molar-refractivity contribution in [3.8, 4) is 11.5 Å². The molecule has 0 spiro atoms. The van der Waals surface area contributed by atoms with Crippen LogP contribution in [0.4, 0.5) is 0 Å². The van der Waals surface area contributed by atoms with E-state index in [9.17, 15) is 0 Å². The first-order chi connectivity index (χ1) is 16.2. The quantitative estimate of drug-likeness (QED) is 0.173. The molecule has 0 aliphatic heterocycles. The molecule has 190 valence electrons. The summed E-state index contributed by atoms with van der Waals surface area (Å²) in [6.07, 6.45) is 0. The molecule has 2 aromatic rings. The number of halogens is 1. The Morgan fingerprint density at radius 3 is 1.52 bits per heavy atom. The molecule has 0 saturated heterocycles. The van der Waals surface area contributed by atoms with E-state index in [4.69, 9.17) is 29.9 Å². The van der Waals surface area contributed by atoms with Gasteiger partial charge >= 0.3 is 0 Å². The van der Waals surface area contributed by atoms with Gasteiger partial charge in [-0.1, -0.05) is 52.3 Å². The molecule has 0 atom stereocenters. The number of ether oxygens (including phenoxy) is 2. The molecule has 0 radical (unpaired) electrons. The first kappa shape index (κ1) is 31.3. The molecule has 0 heterocycles. The van der Waals surface area contributed by atoms with Crippen molar-refractivity contribution in [2.24, 2.45) is 0 Å². The minimum Gasteiger partial charge on any atom is -0.493 e. The highest BCUT2D eigenvalue weighted by Crippen LogP contribution is 2.08. The van der Waals surface area contributed by atoms with Crippen molar-refractivity contribution >= 4 is 15.9 Å². The average Bonchev–Trinajstić information content (AvgIpc) is 2.85. The number of para-hydroxylation sites is 2. The van der Waals surface area contributed by atoms with E-state index in [-0.39, 0.29) is 27.9 Å². The van der Waals surface area contributed by atoms with Gasteiger partial charge in [-0.3, -0.25) is 4.90 Å². The Morgan fingerprint density at radius 2 is 1.12 bits per heavy atom. The number of nitrogens with one attached hydrogen (secondary N) is 1. The number of benzene rings is 2. The Balaban J connectivity index is 0. The lowest BCUT2D eigenvalue weighted by Crippen LogP contribution is -2.33. The number of nitrogens with zero attached hydrogens (tertiary/aromatic N) is 1. The Bertz CT molecular complexity index is 621. The third-order valence-electron chi connectivity index (χ3n) is 3.92. The van der Waals surface area contributed by atoms with Gasteiger partial charge < -0.3 is 35.2 Å². The number of alkyl halides is 1. The Kier molecular flexibility index (Phi) is 23.6. The third kappa shape index (κ3) is 20.6. The zero-order valence-corrected chi connectivity index (χ0v) is 20.8. The minimum atomic E-state index is 0. The van der Waals surface area contributed by atoms with E-state index >= 15 is 0 Å². The van der Waals surface area contributed by atoms with E-state index < -0.39 is 0 Å². The van der Waals surface area contributed by atoms with Gasteiger partial charge in [0.25, 0.3) is 0 Å². The van der Waals surface area contributed by atoms with Crippen molar-refractivity contribution < 1.29 is 31.3 Å². The van der Waals surface area contributed by atoms with Gasteiger partial charge in [0.2, 0.25) is 0 Å². The first-order valence-corrected chi connectivity index (χ1v) is 12.1. The fourth-order valence-electron chi connectivity index (χ4n) is 2.38. The number of hydrogen-bond acceptors (Lipinski definition) is 8. The average molecular weight is 534 g/mol. The zero-order chi connectivity index (χ0) is 24.4. The van der Waals surface area contributed by atoms with Crippen LogP contribution in [0.1, 0.15) is 1.43 Å². The normalized spacial score (nSPS) is 10.0. The second-order valence-electron chi connectivity index (χ2n) is 6.50. The van der Waals surface area contributed by atoms with Crippen molar-refractivity contribution in [3.63, 3.8) is 0 Å².